The van der Waals surface area contributed by atoms with E-state index in [1.165, 1.54) is 0 Å². The lowest BCUT2D eigenvalue weighted by molar-refractivity contribution is 0.409. The second-order valence-electron chi connectivity index (χ2n) is 5.30. The van der Waals surface area contributed by atoms with Crippen molar-refractivity contribution in [3.63, 3.8) is 0 Å². The lowest BCUT2D eigenvalue weighted by Gasteiger charge is -2.13. The predicted octanol–water partition coefficient (Wildman–Crippen LogP) is 2.45. The van der Waals surface area contributed by atoms with Gasteiger partial charge in [-0.2, -0.15) is 0 Å². The first-order chi connectivity index (χ1) is 12.1. The summed E-state index contributed by atoms with van der Waals surface area (Å²) in [5.41, 5.74) is 0.991. The molecule has 0 fully saturated rings. The van der Waals surface area contributed by atoms with E-state index in [1.54, 1.807) is 44.5 Å². The molecule has 6 nitrogen and oxygen atoms in total. The largest absolute Gasteiger partial charge is 0.496 e. The first-order valence-corrected chi connectivity index (χ1v) is 9.56. The topological polar surface area (TPSA) is 79.8 Å². The normalized spacial score (nSPS) is 11.4. The zero-order valence-electron chi connectivity index (χ0n) is 14.8. The van der Waals surface area contributed by atoms with E-state index in [0.717, 1.165) is 11.3 Å². The van der Waals surface area contributed by atoms with Crippen LogP contribution in [0.2, 0.25) is 0 Å². The van der Waals surface area contributed by atoms with Crippen molar-refractivity contribution in [3.8, 4) is 5.75 Å². The number of ether oxygens (including phenoxy) is 1. The van der Waals surface area contributed by atoms with E-state index in [4.69, 9.17) is 4.74 Å². The van der Waals surface area contributed by atoms with Crippen LogP contribution in [0.15, 0.2) is 64.5 Å². The van der Waals surface area contributed by atoms with Crippen molar-refractivity contribution in [2.75, 3.05) is 26.5 Å². The van der Waals surface area contributed by atoms with Crippen LogP contribution in [0.1, 0.15) is 5.56 Å². The molecule has 0 unspecified atom stereocenters. The summed E-state index contributed by atoms with van der Waals surface area (Å²) in [6.45, 7) is 0.790. The fourth-order valence-electron chi connectivity index (χ4n) is 2.30. The third-order valence-electron chi connectivity index (χ3n) is 3.63. The van der Waals surface area contributed by atoms with Crippen LogP contribution in [0.5, 0.6) is 5.75 Å². The van der Waals surface area contributed by atoms with Gasteiger partial charge in [-0.05, 0) is 18.2 Å². The van der Waals surface area contributed by atoms with Crippen molar-refractivity contribution in [2.45, 2.75) is 11.4 Å². The van der Waals surface area contributed by atoms with Gasteiger partial charge in [0.2, 0.25) is 0 Å². The Kier molecular flexibility index (Phi) is 9.42. The molecule has 0 bridgehead atoms. The smallest absolute Gasteiger partial charge is 0.191 e. The molecule has 0 spiro atoms. The molecule has 2 rings (SSSR count). The second-order valence-corrected chi connectivity index (χ2v) is 7.41. The number of nitrogens with one attached hydrogen (secondary N) is 2. The monoisotopic (exact) mass is 489 g/mol. The van der Waals surface area contributed by atoms with E-state index in [2.05, 4.69) is 15.6 Å². The zero-order valence-corrected chi connectivity index (χ0v) is 18.0. The molecule has 0 heterocycles. The Morgan fingerprint density at radius 2 is 1.69 bits per heavy atom. The van der Waals surface area contributed by atoms with Gasteiger partial charge in [0.15, 0.2) is 15.8 Å². The number of guanidine groups is 1. The number of hydrogen-bond donors (Lipinski definition) is 2. The van der Waals surface area contributed by atoms with Crippen LogP contribution in [-0.2, 0) is 16.4 Å². The van der Waals surface area contributed by atoms with Crippen LogP contribution < -0.4 is 15.4 Å². The molecule has 0 amide bonds. The lowest BCUT2D eigenvalue weighted by Crippen LogP contribution is -2.39. The van der Waals surface area contributed by atoms with Gasteiger partial charge in [-0.25, -0.2) is 8.42 Å². The third kappa shape index (κ3) is 6.49. The second kappa shape index (κ2) is 11.0. The summed E-state index contributed by atoms with van der Waals surface area (Å²) in [5.74, 6) is 1.32. The molecule has 26 heavy (non-hydrogen) atoms. The van der Waals surface area contributed by atoms with E-state index in [1.807, 2.05) is 24.3 Å². The first kappa shape index (κ1) is 22.2. The minimum absolute atomic E-state index is 0. The Morgan fingerprint density at radius 1 is 1.04 bits per heavy atom. The average Bonchev–Trinajstić information content (AvgIpc) is 2.65. The Bertz CT molecular complexity index is 811. The van der Waals surface area contributed by atoms with Crippen molar-refractivity contribution >= 4 is 39.8 Å². The van der Waals surface area contributed by atoms with E-state index in [0.29, 0.717) is 17.4 Å². The zero-order chi connectivity index (χ0) is 18.1. The van der Waals surface area contributed by atoms with Gasteiger partial charge in [-0.15, -0.1) is 24.0 Å². The number of hydrogen-bond acceptors (Lipinski definition) is 4. The summed E-state index contributed by atoms with van der Waals surface area (Å²) in [7, 11) is -0.0398. The van der Waals surface area contributed by atoms with E-state index < -0.39 is 9.84 Å². The quantitative estimate of drug-likeness (QED) is 0.355. The number of halogens is 1. The summed E-state index contributed by atoms with van der Waals surface area (Å²) in [6, 6.07) is 16.1. The Labute approximate surface area is 172 Å². The van der Waals surface area contributed by atoms with E-state index >= 15 is 0 Å². The number of sulfone groups is 1. The van der Waals surface area contributed by atoms with Crippen molar-refractivity contribution in [1.82, 2.24) is 10.6 Å². The molecule has 8 heteroatoms. The molecule has 0 aliphatic carbocycles. The summed E-state index contributed by atoms with van der Waals surface area (Å²) in [4.78, 5) is 4.44. The number of benzene rings is 2. The summed E-state index contributed by atoms with van der Waals surface area (Å²) < 4.78 is 29.8. The van der Waals surface area contributed by atoms with Gasteiger partial charge < -0.3 is 15.4 Å². The highest BCUT2D eigenvalue weighted by Crippen LogP contribution is 2.16. The van der Waals surface area contributed by atoms with Crippen LogP contribution in [0, 0.1) is 0 Å². The third-order valence-corrected chi connectivity index (χ3v) is 5.36. The van der Waals surface area contributed by atoms with Crippen molar-refractivity contribution in [3.05, 3.63) is 60.2 Å². The summed E-state index contributed by atoms with van der Waals surface area (Å²) >= 11 is 0. The lowest BCUT2D eigenvalue weighted by atomic mass is 10.2. The molecule has 0 aliphatic rings. The molecule has 2 aromatic carbocycles. The Morgan fingerprint density at radius 3 is 2.35 bits per heavy atom. The average molecular weight is 489 g/mol. The number of rotatable bonds is 7. The highest BCUT2D eigenvalue weighted by Gasteiger charge is 2.13. The van der Waals surface area contributed by atoms with Crippen LogP contribution in [0.25, 0.3) is 0 Å². The Balaban J connectivity index is 0.00000338. The van der Waals surface area contributed by atoms with Gasteiger partial charge in [0.05, 0.1) is 17.8 Å². The van der Waals surface area contributed by atoms with Crippen LogP contribution in [0.3, 0.4) is 0 Å². The molecule has 2 N–H and O–H groups in total. The van der Waals surface area contributed by atoms with E-state index in [-0.39, 0.29) is 36.3 Å². The molecule has 0 saturated carbocycles. The molecule has 0 atom stereocenters. The maximum absolute atomic E-state index is 12.2. The maximum Gasteiger partial charge on any atom is 0.191 e. The molecular weight excluding hydrogens is 465 g/mol. The van der Waals surface area contributed by atoms with Crippen LogP contribution in [-0.4, -0.2) is 40.8 Å². The maximum atomic E-state index is 12.2. The van der Waals surface area contributed by atoms with Crippen molar-refractivity contribution < 1.29 is 13.2 Å². The van der Waals surface area contributed by atoms with E-state index in [9.17, 15) is 8.42 Å². The van der Waals surface area contributed by atoms with Crippen molar-refractivity contribution in [1.29, 1.82) is 0 Å². The van der Waals surface area contributed by atoms with Crippen molar-refractivity contribution in [2.24, 2.45) is 4.99 Å². The van der Waals surface area contributed by atoms with Gasteiger partial charge in [-0.1, -0.05) is 36.4 Å². The van der Waals surface area contributed by atoms with Crippen LogP contribution >= 0.6 is 24.0 Å². The number of para-hydroxylation sites is 1. The standard InChI is InChI=1S/C18H23N3O3S.HI/c1-19-18(21-14-15-8-6-7-11-17(15)24-2)20-12-13-25(22,23)16-9-4-3-5-10-16;/h3-11H,12-14H2,1-2H3,(H2,19,20,21);1H. The predicted molar refractivity (Wildman–Crippen MR) is 115 cm³/mol. The minimum atomic E-state index is -3.31. The van der Waals surface area contributed by atoms with Gasteiger partial charge in [-0.3, -0.25) is 4.99 Å². The summed E-state index contributed by atoms with van der Waals surface area (Å²) in [5, 5.41) is 6.17. The van der Waals surface area contributed by atoms with Gasteiger partial charge in [0, 0.05) is 25.7 Å². The molecule has 142 valence electrons. The molecule has 0 radical (unpaired) electrons. The van der Waals surface area contributed by atoms with Gasteiger partial charge in [0.1, 0.15) is 5.75 Å². The first-order valence-electron chi connectivity index (χ1n) is 7.91. The molecule has 0 saturated heterocycles. The van der Waals surface area contributed by atoms with Gasteiger partial charge in [0.25, 0.3) is 0 Å². The highest BCUT2D eigenvalue weighted by atomic mass is 127. The highest BCUT2D eigenvalue weighted by molar-refractivity contribution is 14.0. The van der Waals surface area contributed by atoms with Crippen LogP contribution in [0.4, 0.5) is 0 Å². The number of methoxy groups -OCH3 is 1. The number of aliphatic imine (C=N–C) groups is 1. The number of nitrogens with zero attached hydrogens (tertiary/aromatic N) is 1. The fourth-order valence-corrected chi connectivity index (χ4v) is 3.48. The molecule has 0 aromatic heterocycles. The Hall–Kier alpha value is -1.81. The summed E-state index contributed by atoms with van der Waals surface area (Å²) in [6.07, 6.45) is 0. The minimum Gasteiger partial charge on any atom is -0.496 e. The molecular formula is C18H24IN3O3S. The SMILES string of the molecule is CN=C(NCCS(=O)(=O)c1ccccc1)NCc1ccccc1OC.I. The fraction of sp³-hybridized carbons (Fsp3) is 0.278. The molecule has 2 aromatic rings. The van der Waals surface area contributed by atoms with Gasteiger partial charge >= 0.3 is 0 Å². The molecule has 0 aliphatic heterocycles.